The van der Waals surface area contributed by atoms with Gasteiger partial charge in [0.15, 0.2) is 0 Å². The summed E-state index contributed by atoms with van der Waals surface area (Å²) in [6, 6.07) is 0. The number of imidazole rings is 1. The van der Waals surface area contributed by atoms with Gasteiger partial charge >= 0.3 is 17.9 Å². The second-order valence-corrected chi connectivity index (χ2v) is 6.46. The van der Waals surface area contributed by atoms with Gasteiger partial charge in [0.2, 0.25) is 0 Å². The third-order valence-corrected chi connectivity index (χ3v) is 3.55. The van der Waals surface area contributed by atoms with Crippen LogP contribution in [0, 0.1) is 0 Å². The van der Waals surface area contributed by atoms with Crippen molar-refractivity contribution in [3.63, 3.8) is 0 Å². The zero-order valence-corrected chi connectivity index (χ0v) is 17.7. The smallest absolute Gasteiger partial charge is 0.333 e. The van der Waals surface area contributed by atoms with Crippen LogP contribution in [0.4, 0.5) is 0 Å². The number of esters is 3. The summed E-state index contributed by atoms with van der Waals surface area (Å²) in [6.07, 6.45) is 3.94. The highest BCUT2D eigenvalue weighted by atomic mass is 16.8. The van der Waals surface area contributed by atoms with Gasteiger partial charge in [0, 0.05) is 30.1 Å². The lowest BCUT2D eigenvalue weighted by atomic mass is 10.3. The van der Waals surface area contributed by atoms with E-state index in [-0.39, 0.29) is 44.0 Å². The second-order valence-electron chi connectivity index (χ2n) is 6.46. The van der Waals surface area contributed by atoms with Crippen molar-refractivity contribution < 1.29 is 43.2 Å². The number of hydrogen-bond acceptors (Lipinski definition) is 10. The summed E-state index contributed by atoms with van der Waals surface area (Å²) in [6.45, 7) is 7.60. The van der Waals surface area contributed by atoms with Crippen LogP contribution in [-0.4, -0.2) is 71.6 Å². The number of carbonyl (C=O) groups is 3. The zero-order chi connectivity index (χ0) is 23.2. The van der Waals surface area contributed by atoms with E-state index in [2.05, 4.69) is 18.1 Å². The molecular formula is C20H28N2O9. The Bertz CT molecular complexity index is 746. The predicted octanol–water partition coefficient (Wildman–Crippen LogP) is 0.733. The Balaban J connectivity index is 2.44. The Kier molecular flexibility index (Phi) is 11.8. The van der Waals surface area contributed by atoms with Gasteiger partial charge in [-0.25, -0.2) is 14.6 Å². The maximum atomic E-state index is 11.9. The van der Waals surface area contributed by atoms with E-state index in [0.29, 0.717) is 6.54 Å². The van der Waals surface area contributed by atoms with Crippen LogP contribution in [0.5, 0.6) is 0 Å². The van der Waals surface area contributed by atoms with Crippen LogP contribution in [0.2, 0.25) is 0 Å². The minimum absolute atomic E-state index is 0.0851. The first-order valence-electron chi connectivity index (χ1n) is 9.40. The molecule has 1 N–H and O–H groups in total. The van der Waals surface area contributed by atoms with E-state index in [1.807, 2.05) is 0 Å². The largest absolute Gasteiger partial charge is 0.463 e. The molecule has 0 fully saturated rings. The van der Waals surface area contributed by atoms with E-state index in [9.17, 15) is 19.5 Å². The number of carbonyl (C=O) groups excluding carboxylic acids is 3. The number of rotatable bonds is 15. The van der Waals surface area contributed by atoms with Gasteiger partial charge in [0.25, 0.3) is 6.48 Å². The number of ether oxygens (including phenoxy) is 5. The lowest BCUT2D eigenvalue weighted by molar-refractivity contribution is -0.292. The summed E-state index contributed by atoms with van der Waals surface area (Å²) in [7, 11) is 0. The molecule has 2 unspecified atom stereocenters. The van der Waals surface area contributed by atoms with Crippen molar-refractivity contribution in [1.29, 1.82) is 0 Å². The maximum absolute atomic E-state index is 11.9. The van der Waals surface area contributed by atoms with E-state index < -0.39 is 30.5 Å². The monoisotopic (exact) mass is 440 g/mol. The van der Waals surface area contributed by atoms with Gasteiger partial charge in [-0.2, -0.15) is 0 Å². The van der Waals surface area contributed by atoms with Crippen molar-refractivity contribution in [2.24, 2.45) is 0 Å². The average Bonchev–Trinajstić information content (AvgIpc) is 3.24. The Morgan fingerprint density at radius 3 is 2.29 bits per heavy atom. The fourth-order valence-electron chi connectivity index (χ4n) is 1.93. The van der Waals surface area contributed by atoms with E-state index in [1.54, 1.807) is 23.3 Å². The van der Waals surface area contributed by atoms with Crippen molar-refractivity contribution in [3.8, 4) is 0 Å². The third kappa shape index (κ3) is 11.7. The lowest BCUT2D eigenvalue weighted by Gasteiger charge is -2.21. The average molecular weight is 440 g/mol. The number of aliphatic hydroxyl groups is 1. The van der Waals surface area contributed by atoms with Crippen LogP contribution in [-0.2, 0) is 44.6 Å². The van der Waals surface area contributed by atoms with Crippen LogP contribution in [0.25, 0.3) is 0 Å². The molecule has 31 heavy (non-hydrogen) atoms. The number of nitrogens with zero attached hydrogens (tertiary/aromatic N) is 2. The summed E-state index contributed by atoms with van der Waals surface area (Å²) in [5.74, 6) is -1.77. The fourth-order valence-corrected chi connectivity index (χ4v) is 1.93. The van der Waals surface area contributed by atoms with Crippen molar-refractivity contribution >= 4 is 17.9 Å². The first-order chi connectivity index (χ1) is 14.7. The fraction of sp³-hybridized carbons (Fsp3) is 0.500. The van der Waals surface area contributed by atoms with Crippen LogP contribution >= 0.6 is 0 Å². The minimum atomic E-state index is -1.73. The zero-order valence-electron chi connectivity index (χ0n) is 17.7. The number of aromatic nitrogens is 2. The molecule has 1 aromatic rings. The maximum Gasteiger partial charge on any atom is 0.333 e. The van der Waals surface area contributed by atoms with Crippen LogP contribution in [0.1, 0.15) is 20.3 Å². The SMILES string of the molecule is C=C(C)C(=O)OCCOC(O)OC(COC(=O)CCn1ccnc1)COC(=O)C(=C)C. The Morgan fingerprint density at radius 1 is 1.03 bits per heavy atom. The summed E-state index contributed by atoms with van der Waals surface area (Å²) in [5.41, 5.74) is 0.401. The molecular weight excluding hydrogens is 412 g/mol. The van der Waals surface area contributed by atoms with Crippen LogP contribution in [0.3, 0.4) is 0 Å². The van der Waals surface area contributed by atoms with Crippen molar-refractivity contribution in [3.05, 3.63) is 43.0 Å². The molecule has 0 aliphatic rings. The number of aryl methyl sites for hydroxylation is 1. The van der Waals surface area contributed by atoms with Gasteiger partial charge in [-0.15, -0.1) is 0 Å². The summed E-state index contributed by atoms with van der Waals surface area (Å²) in [4.78, 5) is 38.7. The molecule has 0 bridgehead atoms. The molecule has 1 rings (SSSR count). The first kappa shape index (κ1) is 26.0. The molecule has 1 aromatic heterocycles. The minimum Gasteiger partial charge on any atom is -0.463 e. The van der Waals surface area contributed by atoms with Crippen LogP contribution in [0.15, 0.2) is 43.0 Å². The van der Waals surface area contributed by atoms with Crippen LogP contribution < -0.4 is 0 Å². The van der Waals surface area contributed by atoms with Crippen molar-refractivity contribution in [2.75, 3.05) is 26.4 Å². The normalized spacial score (nSPS) is 12.5. The van der Waals surface area contributed by atoms with E-state index in [1.165, 1.54) is 13.8 Å². The predicted molar refractivity (Wildman–Crippen MR) is 106 cm³/mol. The lowest BCUT2D eigenvalue weighted by Crippen LogP contribution is -2.34. The van der Waals surface area contributed by atoms with E-state index in [4.69, 9.17) is 23.7 Å². The van der Waals surface area contributed by atoms with Gasteiger partial charge in [-0.05, 0) is 13.8 Å². The van der Waals surface area contributed by atoms with Gasteiger partial charge in [0.1, 0.15) is 25.9 Å². The molecule has 0 saturated carbocycles. The molecule has 1 heterocycles. The van der Waals surface area contributed by atoms with E-state index >= 15 is 0 Å². The Labute approximate surface area is 180 Å². The van der Waals surface area contributed by atoms with Gasteiger partial charge in [-0.3, -0.25) is 4.79 Å². The van der Waals surface area contributed by atoms with E-state index in [0.717, 1.165) is 0 Å². The molecule has 11 heteroatoms. The first-order valence-corrected chi connectivity index (χ1v) is 9.40. The summed E-state index contributed by atoms with van der Waals surface area (Å²) in [5, 5.41) is 9.85. The van der Waals surface area contributed by atoms with Gasteiger partial charge in [0.05, 0.1) is 19.4 Å². The highest BCUT2D eigenvalue weighted by Gasteiger charge is 2.20. The summed E-state index contributed by atoms with van der Waals surface area (Å²) < 4.78 is 26.8. The Hall–Kier alpha value is -3.02. The molecule has 0 aromatic carbocycles. The molecule has 11 nitrogen and oxygen atoms in total. The quantitative estimate of drug-likeness (QED) is 0.137. The second kappa shape index (κ2) is 14.1. The molecule has 172 valence electrons. The topological polar surface area (TPSA) is 135 Å². The molecule has 0 radical (unpaired) electrons. The Morgan fingerprint density at radius 2 is 1.68 bits per heavy atom. The van der Waals surface area contributed by atoms with Crippen molar-refractivity contribution in [1.82, 2.24) is 9.55 Å². The third-order valence-electron chi connectivity index (χ3n) is 3.55. The highest BCUT2D eigenvalue weighted by Crippen LogP contribution is 2.05. The van der Waals surface area contributed by atoms with Gasteiger partial charge < -0.3 is 33.4 Å². The molecule has 0 amide bonds. The molecule has 0 saturated heterocycles. The number of aliphatic hydroxyl groups excluding tert-OH is 1. The molecule has 0 aliphatic carbocycles. The number of hydrogen-bond donors (Lipinski definition) is 1. The standard InChI is InChI=1S/C20H28N2O9/c1-14(2)18(24)27-9-10-28-20(26)31-16(12-30-19(25)15(3)4)11-29-17(23)5-7-22-8-6-21-13-22/h6,8,13,16,20,26H,1,3,5,7,9-12H2,2,4H3. The molecule has 0 spiro atoms. The van der Waals surface area contributed by atoms with Gasteiger partial charge in [-0.1, -0.05) is 13.2 Å². The summed E-state index contributed by atoms with van der Waals surface area (Å²) >= 11 is 0. The highest BCUT2D eigenvalue weighted by molar-refractivity contribution is 5.87. The molecule has 0 aliphatic heterocycles. The van der Waals surface area contributed by atoms with Crippen molar-refractivity contribution in [2.45, 2.75) is 39.4 Å². The molecule has 2 atom stereocenters.